The molecule has 2 heterocycles. The van der Waals surface area contributed by atoms with Crippen molar-refractivity contribution in [3.05, 3.63) is 59.7 Å². The minimum atomic E-state index is -0.427. The number of anilines is 2. The number of aryl methyl sites for hydroxylation is 1. The quantitative estimate of drug-likeness (QED) is 0.700. The molecule has 0 N–H and O–H groups in total. The summed E-state index contributed by atoms with van der Waals surface area (Å²) in [5.41, 5.74) is 4.01. The van der Waals surface area contributed by atoms with Gasteiger partial charge in [0.25, 0.3) is 0 Å². The highest BCUT2D eigenvalue weighted by Crippen LogP contribution is 2.33. The first-order chi connectivity index (χ1) is 11.7. The van der Waals surface area contributed by atoms with Gasteiger partial charge in [0.05, 0.1) is 0 Å². The van der Waals surface area contributed by atoms with Crippen molar-refractivity contribution in [3.8, 4) is 0 Å². The van der Waals surface area contributed by atoms with Crippen LogP contribution in [0.5, 0.6) is 0 Å². The van der Waals surface area contributed by atoms with Crippen LogP contribution in [-0.2, 0) is 22.4 Å². The first-order valence-corrected chi connectivity index (χ1v) is 8.47. The van der Waals surface area contributed by atoms with E-state index in [4.69, 9.17) is 0 Å². The first kappa shape index (κ1) is 14.9. The maximum atomic E-state index is 13.0. The first-order valence-electron chi connectivity index (χ1n) is 8.47. The average Bonchev–Trinajstić information content (AvgIpc) is 2.95. The highest BCUT2D eigenvalue weighted by Gasteiger charge is 2.37. The van der Waals surface area contributed by atoms with Crippen LogP contribution in [0.3, 0.4) is 0 Å². The molecule has 0 saturated heterocycles. The Morgan fingerprint density at radius 2 is 1.58 bits per heavy atom. The third-order valence-corrected chi connectivity index (χ3v) is 4.96. The van der Waals surface area contributed by atoms with Crippen molar-refractivity contribution in [1.82, 2.24) is 0 Å². The molecule has 4 heteroatoms. The van der Waals surface area contributed by atoms with Crippen LogP contribution in [-0.4, -0.2) is 24.4 Å². The summed E-state index contributed by atoms with van der Waals surface area (Å²) in [5, 5.41) is 0. The monoisotopic (exact) mass is 320 g/mol. The number of carbonyl (C=O) groups excluding carboxylic acids is 2. The second kappa shape index (κ2) is 5.78. The molecule has 2 aliphatic rings. The van der Waals surface area contributed by atoms with Crippen LogP contribution in [0.2, 0.25) is 0 Å². The summed E-state index contributed by atoms with van der Waals surface area (Å²) >= 11 is 0. The zero-order valence-corrected chi connectivity index (χ0v) is 13.7. The number of fused-ring (bicyclic) bond motifs is 2. The summed E-state index contributed by atoms with van der Waals surface area (Å²) in [4.78, 5) is 29.2. The summed E-state index contributed by atoms with van der Waals surface area (Å²) < 4.78 is 0. The molecule has 2 aliphatic heterocycles. The lowest BCUT2D eigenvalue weighted by atomic mass is 10.0. The number of para-hydroxylation sites is 2. The molecule has 2 aromatic rings. The highest BCUT2D eigenvalue weighted by atomic mass is 16.2. The molecule has 1 atom stereocenters. The van der Waals surface area contributed by atoms with Gasteiger partial charge < -0.3 is 9.80 Å². The van der Waals surface area contributed by atoms with Crippen LogP contribution in [0.25, 0.3) is 0 Å². The summed E-state index contributed by atoms with van der Waals surface area (Å²) in [6.45, 7) is 2.60. The lowest BCUT2D eigenvalue weighted by molar-refractivity contribution is -0.136. The van der Waals surface area contributed by atoms with Gasteiger partial charge in [0.2, 0.25) is 0 Å². The maximum absolute atomic E-state index is 13.0. The lowest BCUT2D eigenvalue weighted by Gasteiger charge is -2.31. The van der Waals surface area contributed by atoms with Crippen molar-refractivity contribution in [2.45, 2.75) is 32.2 Å². The number of benzene rings is 2. The fourth-order valence-electron chi connectivity index (χ4n) is 3.84. The predicted octanol–water partition coefficient (Wildman–Crippen LogP) is 2.94. The van der Waals surface area contributed by atoms with E-state index in [0.29, 0.717) is 6.54 Å². The highest BCUT2D eigenvalue weighted by molar-refractivity contribution is 6.45. The number of hydrogen-bond acceptors (Lipinski definition) is 2. The molecule has 122 valence electrons. The molecule has 0 radical (unpaired) electrons. The van der Waals surface area contributed by atoms with Crippen molar-refractivity contribution >= 4 is 23.2 Å². The minimum absolute atomic E-state index is 0.0129. The van der Waals surface area contributed by atoms with Gasteiger partial charge >= 0.3 is 11.8 Å². The van der Waals surface area contributed by atoms with Gasteiger partial charge in [-0.15, -0.1) is 0 Å². The van der Waals surface area contributed by atoms with E-state index in [1.54, 1.807) is 9.80 Å². The number of amides is 2. The maximum Gasteiger partial charge on any atom is 0.317 e. The lowest BCUT2D eigenvalue weighted by Crippen LogP contribution is -2.49. The van der Waals surface area contributed by atoms with Gasteiger partial charge in [0.1, 0.15) is 0 Å². The smallest absolute Gasteiger partial charge is 0.304 e. The van der Waals surface area contributed by atoms with Gasteiger partial charge in [-0.1, -0.05) is 36.4 Å². The molecule has 4 nitrogen and oxygen atoms in total. The number of nitrogens with zero attached hydrogens (tertiary/aromatic N) is 2. The molecule has 0 spiro atoms. The molecule has 4 rings (SSSR count). The molecule has 0 saturated carbocycles. The zero-order valence-electron chi connectivity index (χ0n) is 13.7. The Hall–Kier alpha value is -2.62. The van der Waals surface area contributed by atoms with Crippen LogP contribution in [0.4, 0.5) is 11.4 Å². The molecule has 0 fully saturated rings. The van der Waals surface area contributed by atoms with Crippen molar-refractivity contribution in [3.63, 3.8) is 0 Å². The van der Waals surface area contributed by atoms with Gasteiger partial charge in [-0.2, -0.15) is 0 Å². The van der Waals surface area contributed by atoms with E-state index in [0.717, 1.165) is 41.8 Å². The van der Waals surface area contributed by atoms with E-state index in [1.807, 2.05) is 55.5 Å². The fourth-order valence-corrected chi connectivity index (χ4v) is 3.84. The van der Waals surface area contributed by atoms with E-state index in [9.17, 15) is 9.59 Å². The molecule has 0 aromatic heterocycles. The molecular weight excluding hydrogens is 300 g/mol. The van der Waals surface area contributed by atoms with Crippen molar-refractivity contribution in [1.29, 1.82) is 0 Å². The van der Waals surface area contributed by atoms with Crippen molar-refractivity contribution in [2.75, 3.05) is 16.3 Å². The third-order valence-electron chi connectivity index (χ3n) is 4.96. The van der Waals surface area contributed by atoms with E-state index in [1.165, 1.54) is 0 Å². The second-order valence-electron chi connectivity index (χ2n) is 6.55. The van der Waals surface area contributed by atoms with Crippen molar-refractivity contribution < 1.29 is 9.59 Å². The largest absolute Gasteiger partial charge is 0.317 e. The molecule has 1 unspecified atom stereocenters. The number of hydrogen-bond donors (Lipinski definition) is 0. The Labute approximate surface area is 141 Å². The van der Waals surface area contributed by atoms with E-state index >= 15 is 0 Å². The number of rotatable bonds is 0. The van der Waals surface area contributed by atoms with Gasteiger partial charge in [-0.3, -0.25) is 9.59 Å². The molecule has 0 bridgehead atoms. The van der Waals surface area contributed by atoms with Gasteiger partial charge in [-0.25, -0.2) is 0 Å². The Bertz CT molecular complexity index is 815. The Morgan fingerprint density at radius 3 is 2.38 bits per heavy atom. The van der Waals surface area contributed by atoms with Crippen molar-refractivity contribution in [2.24, 2.45) is 0 Å². The third kappa shape index (κ3) is 2.30. The van der Waals surface area contributed by atoms with E-state index < -0.39 is 11.8 Å². The number of carbonyl (C=O) groups is 2. The molecular formula is C20H20N2O2. The molecule has 2 aromatic carbocycles. The zero-order chi connectivity index (χ0) is 16.7. The van der Waals surface area contributed by atoms with Gasteiger partial charge in [0, 0.05) is 24.0 Å². The minimum Gasteiger partial charge on any atom is -0.304 e. The molecule has 2 amide bonds. The molecule has 24 heavy (non-hydrogen) atoms. The van der Waals surface area contributed by atoms with E-state index in [2.05, 4.69) is 0 Å². The normalized spacial score (nSPS) is 19.0. The van der Waals surface area contributed by atoms with Crippen LogP contribution in [0, 0.1) is 0 Å². The topological polar surface area (TPSA) is 40.6 Å². The molecule has 0 aliphatic carbocycles. The summed E-state index contributed by atoms with van der Waals surface area (Å²) in [5.74, 6) is -0.852. The van der Waals surface area contributed by atoms with Crippen LogP contribution in [0.15, 0.2) is 48.5 Å². The Kier molecular flexibility index (Phi) is 3.60. The predicted molar refractivity (Wildman–Crippen MR) is 94.2 cm³/mol. The Balaban J connectivity index is 1.65. The van der Waals surface area contributed by atoms with E-state index in [-0.39, 0.29) is 6.04 Å². The fraction of sp³-hybridized carbons (Fsp3) is 0.300. The second-order valence-corrected chi connectivity index (χ2v) is 6.55. The summed E-state index contributed by atoms with van der Waals surface area (Å²) in [7, 11) is 0. The average molecular weight is 320 g/mol. The SMILES string of the molecule is CC1Cc2ccccc2N1C(=O)C(=O)N1CCCc2ccccc21. The summed E-state index contributed by atoms with van der Waals surface area (Å²) in [6.07, 6.45) is 2.64. The Morgan fingerprint density at radius 1 is 0.917 bits per heavy atom. The standard InChI is InChI=1S/C20H20N2O2/c1-14-13-16-8-3-5-11-18(16)22(14)20(24)19(23)21-12-6-9-15-7-2-4-10-17(15)21/h2-5,7-8,10-11,14H,6,9,12-13H2,1H3. The van der Waals surface area contributed by atoms with Gasteiger partial charge in [0.15, 0.2) is 0 Å². The van der Waals surface area contributed by atoms with Crippen LogP contribution in [0.1, 0.15) is 24.5 Å². The van der Waals surface area contributed by atoms with Crippen LogP contribution >= 0.6 is 0 Å². The summed E-state index contributed by atoms with van der Waals surface area (Å²) in [6, 6.07) is 15.7. The van der Waals surface area contributed by atoms with Gasteiger partial charge in [-0.05, 0) is 49.4 Å². The van der Waals surface area contributed by atoms with Crippen LogP contribution < -0.4 is 9.80 Å².